The van der Waals surface area contributed by atoms with Crippen LogP contribution >= 0.6 is 0 Å². The Morgan fingerprint density at radius 3 is 3.00 bits per heavy atom. The molecule has 11 heavy (non-hydrogen) atoms. The zero-order valence-corrected chi connectivity index (χ0v) is 6.28. The molecule has 1 aliphatic carbocycles. The monoisotopic (exact) mass is 151 g/mol. The van der Waals surface area contributed by atoms with Gasteiger partial charge in [0.05, 0.1) is 4.92 Å². The fraction of sp³-hybridized carbons (Fsp3) is 0.250. The largest absolute Gasteiger partial charge is 0.268 e. The lowest BCUT2D eigenvalue weighted by Gasteiger charge is -1.93. The van der Waals surface area contributed by atoms with Crippen LogP contribution in [0.5, 0.6) is 0 Å². The number of allylic oxidation sites excluding steroid dienone is 5. The second kappa shape index (κ2) is 3.14. The molecule has 0 atom stereocenters. The van der Waals surface area contributed by atoms with Crippen molar-refractivity contribution in [3.05, 3.63) is 45.7 Å². The molecule has 1 rings (SSSR count). The van der Waals surface area contributed by atoms with Crippen molar-refractivity contribution in [2.45, 2.75) is 13.3 Å². The molecule has 0 spiro atoms. The van der Waals surface area contributed by atoms with E-state index in [1.54, 1.807) is 19.1 Å². The summed E-state index contributed by atoms with van der Waals surface area (Å²) in [5, 5.41) is 10.4. The first-order chi connectivity index (χ1) is 5.22. The molecule has 0 aromatic rings. The average Bonchev–Trinajstić information content (AvgIpc) is 2.13. The van der Waals surface area contributed by atoms with Crippen molar-refractivity contribution >= 4 is 0 Å². The molecule has 58 valence electrons. The van der Waals surface area contributed by atoms with Crippen LogP contribution in [0.3, 0.4) is 0 Å². The van der Waals surface area contributed by atoms with Gasteiger partial charge in [0.1, 0.15) is 0 Å². The van der Waals surface area contributed by atoms with Crippen LogP contribution in [0, 0.1) is 10.1 Å². The summed E-state index contributed by atoms with van der Waals surface area (Å²) in [6, 6.07) is 0. The van der Waals surface area contributed by atoms with Gasteiger partial charge in [-0.2, -0.15) is 0 Å². The van der Waals surface area contributed by atoms with E-state index < -0.39 is 0 Å². The van der Waals surface area contributed by atoms with Crippen molar-refractivity contribution in [2.75, 3.05) is 0 Å². The van der Waals surface area contributed by atoms with Crippen molar-refractivity contribution in [3.63, 3.8) is 0 Å². The Balaban J connectivity index is 2.95. The summed E-state index contributed by atoms with van der Waals surface area (Å²) in [4.78, 5) is 10.0. The van der Waals surface area contributed by atoms with Gasteiger partial charge in [-0.1, -0.05) is 18.2 Å². The third kappa shape index (κ3) is 1.77. The first-order valence-corrected chi connectivity index (χ1v) is 3.40. The number of nitro groups is 1. The maximum Gasteiger partial charge on any atom is 0.268 e. The molecule has 0 radical (unpaired) electrons. The maximum atomic E-state index is 10.4. The zero-order valence-electron chi connectivity index (χ0n) is 6.28. The zero-order chi connectivity index (χ0) is 8.27. The van der Waals surface area contributed by atoms with E-state index in [4.69, 9.17) is 0 Å². The van der Waals surface area contributed by atoms with Gasteiger partial charge in [0.2, 0.25) is 0 Å². The standard InChI is InChI=1S/C8H9NO2/c1-7-5-3-2-4-6-8(7)9(10)11/h2-3,5-6H,4H2,1H3. The van der Waals surface area contributed by atoms with E-state index in [2.05, 4.69) is 0 Å². The molecular formula is C8H9NO2. The molecule has 1 aliphatic rings. The van der Waals surface area contributed by atoms with Gasteiger partial charge in [0, 0.05) is 5.57 Å². The SMILES string of the molecule is CC1=CC=CCC=C1[N+](=O)[O-]. The molecule has 0 unspecified atom stereocenters. The highest BCUT2D eigenvalue weighted by Gasteiger charge is 2.11. The van der Waals surface area contributed by atoms with Crippen LogP contribution < -0.4 is 0 Å². The molecule has 0 bridgehead atoms. The van der Waals surface area contributed by atoms with E-state index in [1.165, 1.54) is 0 Å². The van der Waals surface area contributed by atoms with Gasteiger partial charge >= 0.3 is 0 Å². The van der Waals surface area contributed by atoms with Crippen LogP contribution in [0.2, 0.25) is 0 Å². The quantitative estimate of drug-likeness (QED) is 0.425. The molecule has 0 amide bonds. The highest BCUT2D eigenvalue weighted by molar-refractivity contribution is 5.29. The number of nitrogens with zero attached hydrogens (tertiary/aromatic N) is 1. The summed E-state index contributed by atoms with van der Waals surface area (Å²) in [5.41, 5.74) is 0.929. The van der Waals surface area contributed by atoms with Crippen molar-refractivity contribution in [1.82, 2.24) is 0 Å². The van der Waals surface area contributed by atoms with Crippen LogP contribution in [-0.2, 0) is 0 Å². The Labute approximate surface area is 64.9 Å². The predicted octanol–water partition coefficient (Wildman–Crippen LogP) is 2.05. The molecule has 3 heteroatoms. The lowest BCUT2D eigenvalue weighted by molar-refractivity contribution is -0.421. The van der Waals surface area contributed by atoms with Crippen molar-refractivity contribution in [3.8, 4) is 0 Å². The van der Waals surface area contributed by atoms with Gasteiger partial charge in [-0.15, -0.1) is 0 Å². The number of hydrogen-bond acceptors (Lipinski definition) is 2. The molecule has 0 aromatic carbocycles. The first kappa shape index (κ1) is 7.72. The Kier molecular flexibility index (Phi) is 2.21. The highest BCUT2D eigenvalue weighted by atomic mass is 16.6. The lowest BCUT2D eigenvalue weighted by atomic mass is 10.2. The third-order valence-corrected chi connectivity index (χ3v) is 1.53. The van der Waals surface area contributed by atoms with Gasteiger partial charge < -0.3 is 0 Å². The summed E-state index contributed by atoms with van der Waals surface area (Å²) in [7, 11) is 0. The molecule has 0 aliphatic heterocycles. The summed E-state index contributed by atoms with van der Waals surface area (Å²) in [5.74, 6) is 0. The topological polar surface area (TPSA) is 43.1 Å². The number of hydrogen-bond donors (Lipinski definition) is 0. The minimum Gasteiger partial charge on any atom is -0.258 e. The number of rotatable bonds is 1. The van der Waals surface area contributed by atoms with Crippen LogP contribution in [0.1, 0.15) is 13.3 Å². The van der Waals surface area contributed by atoms with E-state index in [0.717, 1.165) is 0 Å². The van der Waals surface area contributed by atoms with E-state index in [9.17, 15) is 10.1 Å². The second-order valence-electron chi connectivity index (χ2n) is 2.36. The van der Waals surface area contributed by atoms with E-state index in [-0.39, 0.29) is 10.6 Å². The van der Waals surface area contributed by atoms with E-state index in [0.29, 0.717) is 12.0 Å². The fourth-order valence-electron chi connectivity index (χ4n) is 0.936. The smallest absolute Gasteiger partial charge is 0.258 e. The van der Waals surface area contributed by atoms with Gasteiger partial charge in [0.15, 0.2) is 0 Å². The van der Waals surface area contributed by atoms with Crippen LogP contribution in [0.15, 0.2) is 35.6 Å². The fourth-order valence-corrected chi connectivity index (χ4v) is 0.936. The second-order valence-corrected chi connectivity index (χ2v) is 2.36. The van der Waals surface area contributed by atoms with Gasteiger partial charge in [0.25, 0.3) is 5.70 Å². The summed E-state index contributed by atoms with van der Waals surface area (Å²) in [6.45, 7) is 1.74. The predicted molar refractivity (Wildman–Crippen MR) is 42.6 cm³/mol. The van der Waals surface area contributed by atoms with Crippen molar-refractivity contribution in [2.24, 2.45) is 0 Å². The molecule has 0 saturated carbocycles. The Bertz CT molecular complexity index is 261. The van der Waals surface area contributed by atoms with Gasteiger partial charge in [-0.3, -0.25) is 10.1 Å². The van der Waals surface area contributed by atoms with E-state index >= 15 is 0 Å². The molecular weight excluding hydrogens is 142 g/mol. The Hall–Kier alpha value is -1.38. The van der Waals surface area contributed by atoms with Crippen LogP contribution in [0.4, 0.5) is 0 Å². The van der Waals surface area contributed by atoms with Crippen molar-refractivity contribution < 1.29 is 4.92 Å². The van der Waals surface area contributed by atoms with E-state index in [1.807, 2.05) is 12.2 Å². The van der Waals surface area contributed by atoms with Crippen molar-refractivity contribution in [1.29, 1.82) is 0 Å². The minimum atomic E-state index is -0.348. The Morgan fingerprint density at radius 2 is 2.36 bits per heavy atom. The lowest BCUT2D eigenvalue weighted by Crippen LogP contribution is -1.99. The Morgan fingerprint density at radius 1 is 1.64 bits per heavy atom. The average molecular weight is 151 g/mol. The normalized spacial score (nSPS) is 16.8. The summed E-state index contributed by atoms with van der Waals surface area (Å²) < 4.78 is 0. The van der Waals surface area contributed by atoms with Gasteiger partial charge in [-0.25, -0.2) is 0 Å². The molecule has 0 fully saturated rings. The highest BCUT2D eigenvalue weighted by Crippen LogP contribution is 2.13. The van der Waals surface area contributed by atoms with Gasteiger partial charge in [-0.05, 0) is 19.4 Å². The minimum absolute atomic E-state index is 0.218. The first-order valence-electron chi connectivity index (χ1n) is 3.40. The molecule has 3 nitrogen and oxygen atoms in total. The maximum absolute atomic E-state index is 10.4. The summed E-state index contributed by atoms with van der Waals surface area (Å²) >= 11 is 0. The molecule has 0 heterocycles. The molecule has 0 aromatic heterocycles. The van der Waals surface area contributed by atoms with Crippen LogP contribution in [-0.4, -0.2) is 4.92 Å². The summed E-state index contributed by atoms with van der Waals surface area (Å²) in [6.07, 6.45) is 7.74. The molecule has 0 saturated heterocycles. The third-order valence-electron chi connectivity index (χ3n) is 1.53. The van der Waals surface area contributed by atoms with Crippen LogP contribution in [0.25, 0.3) is 0 Å². The molecule has 0 N–H and O–H groups in total.